The van der Waals surface area contributed by atoms with Crippen LogP contribution in [-0.4, -0.2) is 29.3 Å². The minimum atomic E-state index is -0.329. The molecule has 1 amide bonds. The van der Waals surface area contributed by atoms with Crippen molar-refractivity contribution in [3.8, 4) is 0 Å². The fourth-order valence-corrected chi connectivity index (χ4v) is 3.06. The monoisotopic (exact) mass is 263 g/mol. The molecular weight excluding hydrogens is 260 g/mol. The Balaban J connectivity index is 2.50. The predicted octanol–water partition coefficient (Wildman–Crippen LogP) is 0.934. The van der Waals surface area contributed by atoms with Crippen LogP contribution in [0.5, 0.6) is 0 Å². The highest BCUT2D eigenvalue weighted by molar-refractivity contribution is 8.35. The van der Waals surface area contributed by atoms with E-state index in [4.69, 9.17) is 24.4 Å². The van der Waals surface area contributed by atoms with E-state index in [1.165, 1.54) is 21.7 Å². The Morgan fingerprint density at radius 2 is 2.21 bits per heavy atom. The third-order valence-corrected chi connectivity index (χ3v) is 3.86. The van der Waals surface area contributed by atoms with Crippen molar-refractivity contribution in [1.29, 1.82) is 0 Å². The van der Waals surface area contributed by atoms with Gasteiger partial charge in [-0.3, -0.25) is 4.79 Å². The minimum Gasteiger partial charge on any atom is -0.459 e. The van der Waals surface area contributed by atoms with Crippen molar-refractivity contribution in [2.24, 2.45) is 0 Å². The molecule has 14 heavy (non-hydrogen) atoms. The Morgan fingerprint density at radius 1 is 1.50 bits per heavy atom. The van der Waals surface area contributed by atoms with Crippen molar-refractivity contribution >= 4 is 67.6 Å². The Morgan fingerprint density at radius 3 is 2.64 bits per heavy atom. The summed E-state index contributed by atoms with van der Waals surface area (Å²) in [5.41, 5.74) is 0. The fourth-order valence-electron chi connectivity index (χ4n) is 0.942. The second kappa shape index (κ2) is 3.61. The number of nitrogens with one attached hydrogen (secondary N) is 1. The number of thiocarbonyl (C=S) groups is 2. The smallest absolute Gasteiger partial charge is 0.380 e. The summed E-state index contributed by atoms with van der Waals surface area (Å²) in [6.45, 7) is 0. The van der Waals surface area contributed by atoms with E-state index in [1.807, 2.05) is 0 Å². The topological polar surface area (TPSA) is 52.3 Å². The molecule has 1 fully saturated rings. The van der Waals surface area contributed by atoms with Gasteiger partial charge in [-0.2, -0.15) is 0 Å². The SMILES string of the molecule is O=C1NC(=S)S/C1=[N+]1\C(=S)SC=C1O. The fraction of sp³-hybridized carbons (Fsp3) is 0. The summed E-state index contributed by atoms with van der Waals surface area (Å²) < 4.78 is 2.10. The van der Waals surface area contributed by atoms with E-state index < -0.39 is 0 Å². The van der Waals surface area contributed by atoms with Crippen molar-refractivity contribution in [2.45, 2.75) is 0 Å². The molecule has 0 atom stereocenters. The van der Waals surface area contributed by atoms with E-state index in [-0.39, 0.29) is 11.8 Å². The lowest BCUT2D eigenvalue weighted by atomic mass is 10.6. The lowest BCUT2D eigenvalue weighted by Gasteiger charge is -1.92. The third kappa shape index (κ3) is 1.58. The highest BCUT2D eigenvalue weighted by atomic mass is 32.2. The standard InChI is InChI=1S/C6H2N2O2S4/c9-2-1-13-6(12)8(2)4-3(10)7-5(11)14-4/h1H,(H-,7,9,10,11)/p+1/b8-4-. The Bertz CT molecular complexity index is 426. The molecule has 0 radical (unpaired) electrons. The van der Waals surface area contributed by atoms with Crippen LogP contribution < -0.4 is 5.32 Å². The van der Waals surface area contributed by atoms with Crippen LogP contribution in [0.2, 0.25) is 0 Å². The molecule has 0 unspecified atom stereocenters. The molecule has 2 aliphatic heterocycles. The summed E-state index contributed by atoms with van der Waals surface area (Å²) in [6, 6.07) is 0. The minimum absolute atomic E-state index is 0.0395. The summed E-state index contributed by atoms with van der Waals surface area (Å²) in [7, 11) is 0. The van der Waals surface area contributed by atoms with E-state index in [1.54, 1.807) is 0 Å². The number of nitrogens with zero attached hydrogens (tertiary/aromatic N) is 1. The maximum absolute atomic E-state index is 11.4. The van der Waals surface area contributed by atoms with E-state index in [0.717, 1.165) is 11.8 Å². The van der Waals surface area contributed by atoms with Crippen LogP contribution in [0.3, 0.4) is 0 Å². The summed E-state index contributed by atoms with van der Waals surface area (Å²) in [6.07, 6.45) is 0. The van der Waals surface area contributed by atoms with Crippen molar-refractivity contribution in [3.63, 3.8) is 0 Å². The maximum atomic E-state index is 11.4. The molecule has 1 saturated heterocycles. The number of hydrogen-bond acceptors (Lipinski definition) is 6. The normalized spacial score (nSPS) is 26.9. The van der Waals surface area contributed by atoms with Gasteiger partial charge in [0.05, 0.1) is 5.41 Å². The van der Waals surface area contributed by atoms with Gasteiger partial charge in [-0.05, 0) is 11.8 Å². The van der Waals surface area contributed by atoms with Crippen LogP contribution >= 0.6 is 48.0 Å². The van der Waals surface area contributed by atoms with Gasteiger partial charge in [0.1, 0.15) is 0 Å². The number of aliphatic hydroxyl groups excluding tert-OH is 1. The molecule has 2 rings (SSSR count). The number of carbonyl (C=O) groups is 1. The van der Waals surface area contributed by atoms with Crippen LogP contribution in [0.15, 0.2) is 11.3 Å². The first-order valence-corrected chi connectivity index (χ1v) is 5.91. The highest BCUT2D eigenvalue weighted by Gasteiger charge is 2.40. The number of hydrogen-bond donors (Lipinski definition) is 2. The first-order valence-electron chi connectivity index (χ1n) is 3.39. The van der Waals surface area contributed by atoms with Gasteiger partial charge < -0.3 is 10.4 Å². The Kier molecular flexibility index (Phi) is 2.60. The molecule has 4 nitrogen and oxygen atoms in total. The Labute approximate surface area is 98.4 Å². The zero-order chi connectivity index (χ0) is 10.3. The van der Waals surface area contributed by atoms with Gasteiger partial charge in [0, 0.05) is 24.0 Å². The van der Waals surface area contributed by atoms with E-state index in [9.17, 15) is 9.90 Å². The summed E-state index contributed by atoms with van der Waals surface area (Å²) in [4.78, 5) is 11.4. The van der Waals surface area contributed by atoms with Gasteiger partial charge in [0.15, 0.2) is 4.32 Å². The molecule has 72 valence electrons. The van der Waals surface area contributed by atoms with Gasteiger partial charge in [0.25, 0.3) is 0 Å². The first kappa shape index (κ1) is 10.1. The second-order valence-electron chi connectivity index (χ2n) is 2.34. The van der Waals surface area contributed by atoms with Gasteiger partial charge in [0.2, 0.25) is 0 Å². The first-order chi connectivity index (χ1) is 6.59. The van der Waals surface area contributed by atoms with Crippen LogP contribution in [0.25, 0.3) is 0 Å². The molecule has 0 aromatic carbocycles. The lowest BCUT2D eigenvalue weighted by Crippen LogP contribution is -2.28. The largest absolute Gasteiger partial charge is 0.459 e. The molecule has 0 saturated carbocycles. The molecule has 2 N–H and O–H groups in total. The van der Waals surface area contributed by atoms with Crippen LogP contribution in [0.4, 0.5) is 0 Å². The predicted molar refractivity (Wildman–Crippen MR) is 64.5 cm³/mol. The number of thioether (sulfide) groups is 2. The second-order valence-corrected chi connectivity index (χ2v) is 5.51. The molecular formula is C6H3N2O2S4+. The number of carbonyl (C=O) groups excluding carboxylic acids is 1. The average molecular weight is 263 g/mol. The van der Waals surface area contributed by atoms with Crippen molar-refractivity contribution in [1.82, 2.24) is 5.32 Å². The third-order valence-electron chi connectivity index (χ3n) is 1.48. The molecule has 2 heterocycles. The van der Waals surface area contributed by atoms with E-state index in [2.05, 4.69) is 5.32 Å². The molecule has 0 aromatic rings. The molecule has 0 aliphatic carbocycles. The van der Waals surface area contributed by atoms with E-state index >= 15 is 0 Å². The summed E-state index contributed by atoms with van der Waals surface area (Å²) >= 11 is 12.1. The number of amides is 1. The van der Waals surface area contributed by atoms with Gasteiger partial charge in [-0.1, -0.05) is 16.8 Å². The zero-order valence-corrected chi connectivity index (χ0v) is 9.78. The van der Waals surface area contributed by atoms with Crippen LogP contribution in [0, 0.1) is 0 Å². The molecule has 2 aliphatic rings. The number of rotatable bonds is 0. The van der Waals surface area contributed by atoms with E-state index in [0.29, 0.717) is 13.7 Å². The average Bonchev–Trinajstić information content (AvgIpc) is 2.57. The molecule has 0 aromatic heterocycles. The molecule has 8 heteroatoms. The molecule has 0 bridgehead atoms. The van der Waals surface area contributed by atoms with Crippen LogP contribution in [0.1, 0.15) is 0 Å². The zero-order valence-electron chi connectivity index (χ0n) is 6.51. The Hall–Kier alpha value is -0.440. The van der Waals surface area contributed by atoms with Crippen molar-refractivity contribution < 1.29 is 14.5 Å². The summed E-state index contributed by atoms with van der Waals surface area (Å²) in [5.74, 6) is -0.368. The number of aliphatic hydroxyl groups is 1. The lowest BCUT2D eigenvalue weighted by molar-refractivity contribution is -0.372. The van der Waals surface area contributed by atoms with Crippen molar-refractivity contribution in [3.05, 3.63) is 11.3 Å². The van der Waals surface area contributed by atoms with Crippen molar-refractivity contribution in [2.75, 3.05) is 0 Å². The van der Waals surface area contributed by atoms with Crippen LogP contribution in [-0.2, 0) is 4.79 Å². The molecule has 0 spiro atoms. The van der Waals surface area contributed by atoms with Gasteiger partial charge in [-0.15, -0.1) is 0 Å². The maximum Gasteiger partial charge on any atom is 0.380 e. The summed E-state index contributed by atoms with van der Waals surface area (Å²) in [5, 5.41) is 13.7. The quantitative estimate of drug-likeness (QED) is 0.501. The highest BCUT2D eigenvalue weighted by Crippen LogP contribution is 2.25. The van der Waals surface area contributed by atoms with Gasteiger partial charge >= 0.3 is 21.2 Å². The van der Waals surface area contributed by atoms with Gasteiger partial charge in [-0.25, -0.2) is 0 Å².